The molecule has 204 valence electrons. The van der Waals surface area contributed by atoms with E-state index in [2.05, 4.69) is 21.7 Å². The van der Waals surface area contributed by atoms with E-state index < -0.39 is 5.60 Å². The summed E-state index contributed by atoms with van der Waals surface area (Å²) in [5.74, 6) is 0.484. The van der Waals surface area contributed by atoms with Gasteiger partial charge in [0.1, 0.15) is 11.3 Å². The zero-order valence-electron chi connectivity index (χ0n) is 22.5. The fourth-order valence-corrected chi connectivity index (χ4v) is 5.78. The van der Waals surface area contributed by atoms with Crippen LogP contribution in [0.1, 0.15) is 61.9 Å². The molecule has 0 aliphatic heterocycles. The number of nitriles is 1. The Bertz CT molecular complexity index is 1540. The van der Waals surface area contributed by atoms with Crippen LogP contribution in [0.5, 0.6) is 0 Å². The SMILES string of the molecule is CO[C@@H]1CCCC1Nc1nc(-c2cccc(C#N)c2)cc(-c2cn(Cc3cccc(C4(O)CCCC4)n3)nn2)n1. The fraction of sp³-hybridized carbons (Fsp3) is 0.400. The summed E-state index contributed by atoms with van der Waals surface area (Å²) in [6.07, 6.45) is 8.50. The van der Waals surface area contributed by atoms with Gasteiger partial charge in [0, 0.05) is 12.7 Å². The molecule has 2 N–H and O–H groups in total. The lowest BCUT2D eigenvalue weighted by Gasteiger charge is -2.21. The molecule has 0 spiro atoms. The van der Waals surface area contributed by atoms with E-state index in [0.29, 0.717) is 35.1 Å². The van der Waals surface area contributed by atoms with Crippen molar-refractivity contribution in [1.29, 1.82) is 5.26 Å². The van der Waals surface area contributed by atoms with Crippen LogP contribution in [0.15, 0.2) is 54.7 Å². The van der Waals surface area contributed by atoms with E-state index >= 15 is 0 Å². The van der Waals surface area contributed by atoms with Crippen LogP contribution in [0.25, 0.3) is 22.6 Å². The maximum Gasteiger partial charge on any atom is 0.224 e. The minimum atomic E-state index is -0.839. The molecule has 0 bridgehead atoms. The van der Waals surface area contributed by atoms with Crippen LogP contribution in [-0.2, 0) is 16.9 Å². The van der Waals surface area contributed by atoms with Gasteiger partial charge in [-0.15, -0.1) is 5.10 Å². The van der Waals surface area contributed by atoms with Crippen molar-refractivity contribution in [2.75, 3.05) is 12.4 Å². The van der Waals surface area contributed by atoms with Crippen LogP contribution in [-0.4, -0.2) is 54.3 Å². The molecule has 1 aromatic carbocycles. The average molecular weight is 537 g/mol. The Hall–Kier alpha value is -4.20. The van der Waals surface area contributed by atoms with E-state index in [4.69, 9.17) is 19.7 Å². The molecule has 3 heterocycles. The largest absolute Gasteiger partial charge is 0.384 e. The van der Waals surface area contributed by atoms with Gasteiger partial charge in [-0.05, 0) is 62.4 Å². The number of hydrogen-bond acceptors (Lipinski definition) is 9. The molecule has 2 aliphatic carbocycles. The summed E-state index contributed by atoms with van der Waals surface area (Å²) < 4.78 is 7.39. The van der Waals surface area contributed by atoms with Crippen LogP contribution in [0.2, 0.25) is 0 Å². The van der Waals surface area contributed by atoms with Crippen molar-refractivity contribution in [2.45, 2.75) is 69.2 Å². The number of nitrogens with zero attached hydrogens (tertiary/aromatic N) is 7. The standard InChI is InChI=1S/C30H32N8O2/c1-40-27-11-6-10-23(27)33-29-34-24(21-8-4-7-20(15-21)17-31)16-25(35-29)26-19-38(37-36-26)18-22-9-5-12-28(32-22)30(39)13-2-3-14-30/h4-5,7-9,12,15-16,19,23,27,39H,2-3,6,10-11,13-14,18H2,1H3,(H,33,34,35)/t23?,27-/m1/s1. The van der Waals surface area contributed by atoms with Gasteiger partial charge < -0.3 is 15.2 Å². The number of pyridine rings is 1. The molecule has 0 amide bonds. The molecule has 6 rings (SSSR count). The quantitative estimate of drug-likeness (QED) is 0.335. The Morgan fingerprint density at radius 2 is 1.85 bits per heavy atom. The van der Waals surface area contributed by atoms with E-state index in [1.165, 1.54) is 0 Å². The number of benzene rings is 1. The zero-order valence-corrected chi connectivity index (χ0v) is 22.5. The fourth-order valence-electron chi connectivity index (χ4n) is 5.78. The number of rotatable bonds is 8. The van der Waals surface area contributed by atoms with Gasteiger partial charge in [-0.25, -0.2) is 14.6 Å². The first-order valence-corrected chi connectivity index (χ1v) is 13.8. The van der Waals surface area contributed by atoms with Crippen LogP contribution in [0.4, 0.5) is 5.95 Å². The van der Waals surface area contributed by atoms with E-state index in [-0.39, 0.29) is 12.1 Å². The lowest BCUT2D eigenvalue weighted by Crippen LogP contribution is -2.30. The molecule has 40 heavy (non-hydrogen) atoms. The van der Waals surface area contributed by atoms with Crippen molar-refractivity contribution in [1.82, 2.24) is 29.9 Å². The molecule has 2 aliphatic rings. The number of hydrogen-bond donors (Lipinski definition) is 2. The van der Waals surface area contributed by atoms with Gasteiger partial charge in [0.2, 0.25) is 5.95 Å². The van der Waals surface area contributed by atoms with Crippen LogP contribution in [0, 0.1) is 11.3 Å². The third-order valence-electron chi connectivity index (χ3n) is 7.92. The Kier molecular flexibility index (Phi) is 7.24. The first-order valence-electron chi connectivity index (χ1n) is 13.8. The van der Waals surface area contributed by atoms with Crippen LogP contribution < -0.4 is 5.32 Å². The number of aliphatic hydroxyl groups is 1. The van der Waals surface area contributed by atoms with Crippen molar-refractivity contribution in [2.24, 2.45) is 0 Å². The molecule has 0 radical (unpaired) electrons. The summed E-state index contributed by atoms with van der Waals surface area (Å²) in [5.41, 5.74) is 3.97. The number of methoxy groups -OCH3 is 1. The highest BCUT2D eigenvalue weighted by Gasteiger charge is 2.34. The third-order valence-corrected chi connectivity index (χ3v) is 7.92. The molecule has 2 fully saturated rings. The maximum atomic E-state index is 11.0. The topological polar surface area (TPSA) is 135 Å². The normalized spacial score (nSPS) is 19.9. The van der Waals surface area contributed by atoms with E-state index in [1.807, 2.05) is 48.7 Å². The Balaban J connectivity index is 1.30. The summed E-state index contributed by atoms with van der Waals surface area (Å²) in [5, 5.41) is 32.6. The number of aromatic nitrogens is 6. The lowest BCUT2D eigenvalue weighted by atomic mass is 9.97. The first kappa shape index (κ1) is 26.0. The first-order chi connectivity index (χ1) is 19.5. The van der Waals surface area contributed by atoms with Crippen molar-refractivity contribution >= 4 is 5.95 Å². The van der Waals surface area contributed by atoms with Crippen molar-refractivity contribution in [3.8, 4) is 28.7 Å². The highest BCUT2D eigenvalue weighted by atomic mass is 16.5. The molecule has 4 aromatic rings. The predicted molar refractivity (Wildman–Crippen MR) is 149 cm³/mol. The molecule has 10 nitrogen and oxygen atoms in total. The molecular weight excluding hydrogens is 504 g/mol. The summed E-state index contributed by atoms with van der Waals surface area (Å²) in [6.45, 7) is 0.418. The molecular formula is C30H32N8O2. The predicted octanol–water partition coefficient (Wildman–Crippen LogP) is 4.46. The number of ether oxygens (including phenoxy) is 1. The van der Waals surface area contributed by atoms with E-state index in [1.54, 1.807) is 17.9 Å². The van der Waals surface area contributed by atoms with Crippen LogP contribution in [0.3, 0.4) is 0 Å². The number of nitrogens with one attached hydrogen (secondary N) is 1. The third kappa shape index (κ3) is 5.43. The summed E-state index contributed by atoms with van der Waals surface area (Å²) >= 11 is 0. The van der Waals surface area contributed by atoms with Gasteiger partial charge in [-0.3, -0.25) is 4.98 Å². The van der Waals surface area contributed by atoms with Gasteiger partial charge in [0.15, 0.2) is 0 Å². The van der Waals surface area contributed by atoms with E-state index in [0.717, 1.165) is 61.9 Å². The Morgan fingerprint density at radius 1 is 1.02 bits per heavy atom. The van der Waals surface area contributed by atoms with Gasteiger partial charge in [-0.2, -0.15) is 5.26 Å². The second kappa shape index (κ2) is 11.1. The van der Waals surface area contributed by atoms with Crippen molar-refractivity contribution in [3.05, 3.63) is 71.7 Å². The minimum Gasteiger partial charge on any atom is -0.384 e. The summed E-state index contributed by atoms with van der Waals surface area (Å²) in [6, 6.07) is 17.3. The minimum absolute atomic E-state index is 0.101. The highest BCUT2D eigenvalue weighted by molar-refractivity contribution is 5.68. The summed E-state index contributed by atoms with van der Waals surface area (Å²) in [7, 11) is 1.73. The lowest BCUT2D eigenvalue weighted by molar-refractivity contribution is 0.0397. The highest BCUT2D eigenvalue weighted by Crippen LogP contribution is 2.37. The van der Waals surface area contributed by atoms with Gasteiger partial charge in [-0.1, -0.05) is 36.3 Å². The van der Waals surface area contributed by atoms with E-state index in [9.17, 15) is 10.4 Å². The van der Waals surface area contributed by atoms with Gasteiger partial charge >= 0.3 is 0 Å². The average Bonchev–Trinajstić information content (AvgIpc) is 3.75. The second-order valence-corrected chi connectivity index (χ2v) is 10.7. The molecule has 1 unspecified atom stereocenters. The van der Waals surface area contributed by atoms with Gasteiger partial charge in [0.05, 0.1) is 59.3 Å². The van der Waals surface area contributed by atoms with Crippen molar-refractivity contribution < 1.29 is 9.84 Å². The molecule has 2 atom stereocenters. The molecule has 2 saturated carbocycles. The summed E-state index contributed by atoms with van der Waals surface area (Å²) in [4.78, 5) is 14.3. The Morgan fingerprint density at radius 3 is 2.67 bits per heavy atom. The van der Waals surface area contributed by atoms with Crippen LogP contribution >= 0.6 is 0 Å². The van der Waals surface area contributed by atoms with Crippen molar-refractivity contribution in [3.63, 3.8) is 0 Å². The molecule has 3 aromatic heterocycles. The molecule has 0 saturated heterocycles. The maximum absolute atomic E-state index is 11.0. The van der Waals surface area contributed by atoms with Gasteiger partial charge in [0.25, 0.3) is 0 Å². The second-order valence-electron chi connectivity index (χ2n) is 10.7. The zero-order chi connectivity index (χ0) is 27.5. The molecule has 10 heteroatoms. The Labute approximate surface area is 233 Å². The number of anilines is 1. The monoisotopic (exact) mass is 536 g/mol. The smallest absolute Gasteiger partial charge is 0.224 e.